The number of aliphatic hydroxyl groups is 1. The van der Waals surface area contributed by atoms with Crippen molar-refractivity contribution in [2.45, 2.75) is 38.1 Å². The summed E-state index contributed by atoms with van der Waals surface area (Å²) in [7, 11) is 1.74. The van der Waals surface area contributed by atoms with Gasteiger partial charge >= 0.3 is 6.18 Å². The molecule has 1 saturated heterocycles. The second-order valence-corrected chi connectivity index (χ2v) is 7.57. The van der Waals surface area contributed by atoms with Crippen molar-refractivity contribution in [3.8, 4) is 11.5 Å². The van der Waals surface area contributed by atoms with Crippen LogP contribution in [0.4, 0.5) is 24.7 Å². The highest BCUT2D eigenvalue weighted by atomic mass is 19.4. The maximum atomic E-state index is 12.8. The lowest BCUT2D eigenvalue weighted by Crippen LogP contribution is -2.37. The average molecular weight is 422 g/mol. The van der Waals surface area contributed by atoms with Crippen LogP contribution in [-0.4, -0.2) is 37.9 Å². The van der Waals surface area contributed by atoms with Gasteiger partial charge < -0.3 is 14.8 Å². The van der Waals surface area contributed by atoms with E-state index in [4.69, 9.17) is 4.42 Å². The van der Waals surface area contributed by atoms with E-state index in [1.165, 1.54) is 12.1 Å². The van der Waals surface area contributed by atoms with Gasteiger partial charge in [-0.1, -0.05) is 0 Å². The number of halogens is 3. The number of aryl methyl sites for hydroxylation is 1. The molecule has 0 aliphatic carbocycles. The van der Waals surface area contributed by atoms with Gasteiger partial charge in [0.25, 0.3) is 5.89 Å². The first kappa shape index (κ1) is 20.4. The number of aromatic nitrogens is 4. The van der Waals surface area contributed by atoms with E-state index in [0.29, 0.717) is 35.9 Å². The van der Waals surface area contributed by atoms with Gasteiger partial charge in [0.1, 0.15) is 11.8 Å². The number of hydrogen-bond donors (Lipinski definition) is 3. The van der Waals surface area contributed by atoms with Gasteiger partial charge in [0.15, 0.2) is 5.82 Å². The highest BCUT2D eigenvalue weighted by Gasteiger charge is 2.44. The molecule has 2 aromatic heterocycles. The average Bonchev–Trinajstić information content (AvgIpc) is 3.36. The molecule has 4 rings (SSSR count). The number of aliphatic hydroxyl groups excluding tert-OH is 1. The Balaban J connectivity index is 1.66. The molecule has 1 unspecified atom stereocenters. The third-order valence-corrected chi connectivity index (χ3v) is 5.52. The number of anilines is 2. The smallest absolute Gasteiger partial charge is 0.416 e. The largest absolute Gasteiger partial charge is 0.420 e. The van der Waals surface area contributed by atoms with Crippen molar-refractivity contribution >= 4 is 11.5 Å². The van der Waals surface area contributed by atoms with Crippen LogP contribution < -0.4 is 10.6 Å². The number of nitrogens with one attached hydrogen (secondary N) is 2. The maximum Gasteiger partial charge on any atom is 0.416 e. The Hall–Kier alpha value is -2.92. The van der Waals surface area contributed by atoms with Crippen molar-refractivity contribution in [1.82, 2.24) is 25.3 Å². The van der Waals surface area contributed by atoms with Crippen LogP contribution in [0, 0.1) is 6.92 Å². The van der Waals surface area contributed by atoms with E-state index in [2.05, 4.69) is 25.9 Å². The van der Waals surface area contributed by atoms with E-state index in [9.17, 15) is 18.3 Å². The molecule has 11 heteroatoms. The highest BCUT2D eigenvalue weighted by Crippen LogP contribution is 2.37. The topological polar surface area (TPSA) is 101 Å². The summed E-state index contributed by atoms with van der Waals surface area (Å²) < 4.78 is 45.9. The van der Waals surface area contributed by atoms with E-state index >= 15 is 0 Å². The standard InChI is InChI=1S/C19H21F3N6O2/c1-10-13(15-25-26-17(30-15)18(2)8-9-23-16(18)29)14(27-28(10)3)24-12-6-4-11(5-7-12)19(20,21)22/h4-7,16,23,29H,8-9H2,1-3H3,(H,24,27)/t16?,18-/m1/s1. The SMILES string of the molecule is Cc1c(-c2nnc([C@]3(C)CCNC3O)o2)c(Nc2ccc(C(F)(F)F)cc2)nn1C. The lowest BCUT2D eigenvalue weighted by Gasteiger charge is -2.22. The summed E-state index contributed by atoms with van der Waals surface area (Å²) in [6, 6.07) is 4.66. The molecule has 1 aromatic carbocycles. The Bertz CT molecular complexity index is 1060. The predicted octanol–water partition coefficient (Wildman–Crippen LogP) is 3.11. The minimum Gasteiger partial charge on any atom is -0.420 e. The molecular formula is C19H21F3N6O2. The van der Waals surface area contributed by atoms with E-state index in [-0.39, 0.29) is 5.89 Å². The zero-order valence-corrected chi connectivity index (χ0v) is 16.6. The van der Waals surface area contributed by atoms with Crippen LogP contribution in [0.25, 0.3) is 11.5 Å². The van der Waals surface area contributed by atoms with Crippen LogP contribution in [-0.2, 0) is 18.6 Å². The molecule has 0 spiro atoms. The molecule has 0 bridgehead atoms. The molecule has 3 heterocycles. The fraction of sp³-hybridized carbons (Fsp3) is 0.421. The molecular weight excluding hydrogens is 401 g/mol. The zero-order valence-electron chi connectivity index (χ0n) is 16.6. The van der Waals surface area contributed by atoms with Crippen LogP contribution in [0.15, 0.2) is 28.7 Å². The van der Waals surface area contributed by atoms with Crippen molar-refractivity contribution in [3.05, 3.63) is 41.4 Å². The van der Waals surface area contributed by atoms with Crippen molar-refractivity contribution in [2.24, 2.45) is 7.05 Å². The third-order valence-electron chi connectivity index (χ3n) is 5.52. The van der Waals surface area contributed by atoms with Gasteiger partial charge in [-0.15, -0.1) is 10.2 Å². The molecule has 1 aliphatic rings. The third kappa shape index (κ3) is 3.43. The molecule has 0 saturated carbocycles. The van der Waals surface area contributed by atoms with E-state index in [1.54, 1.807) is 11.7 Å². The molecule has 0 amide bonds. The zero-order chi connectivity index (χ0) is 21.7. The van der Waals surface area contributed by atoms with Gasteiger partial charge in [-0.3, -0.25) is 10.00 Å². The van der Waals surface area contributed by atoms with Gasteiger partial charge in [-0.05, 0) is 51.1 Å². The van der Waals surface area contributed by atoms with Gasteiger partial charge in [-0.25, -0.2) is 0 Å². The first-order valence-corrected chi connectivity index (χ1v) is 9.33. The van der Waals surface area contributed by atoms with Crippen molar-refractivity contribution in [1.29, 1.82) is 0 Å². The lowest BCUT2D eigenvalue weighted by molar-refractivity contribution is -0.137. The Kier molecular flexibility index (Phi) is 4.82. The molecule has 3 aromatic rings. The molecule has 0 radical (unpaired) electrons. The second-order valence-electron chi connectivity index (χ2n) is 7.57. The van der Waals surface area contributed by atoms with Crippen LogP contribution in [0.1, 0.15) is 30.5 Å². The molecule has 1 aliphatic heterocycles. The quantitative estimate of drug-likeness (QED) is 0.594. The van der Waals surface area contributed by atoms with Gasteiger partial charge in [-0.2, -0.15) is 18.3 Å². The number of benzene rings is 1. The van der Waals surface area contributed by atoms with Crippen molar-refractivity contribution < 1.29 is 22.7 Å². The lowest BCUT2D eigenvalue weighted by atomic mass is 9.88. The fourth-order valence-corrected chi connectivity index (χ4v) is 3.44. The fourth-order valence-electron chi connectivity index (χ4n) is 3.44. The number of alkyl halides is 3. The number of rotatable bonds is 4. The first-order chi connectivity index (χ1) is 14.1. The van der Waals surface area contributed by atoms with Crippen LogP contribution >= 0.6 is 0 Å². The summed E-state index contributed by atoms with van der Waals surface area (Å²) in [5.74, 6) is 0.893. The summed E-state index contributed by atoms with van der Waals surface area (Å²) in [4.78, 5) is 0. The predicted molar refractivity (Wildman–Crippen MR) is 102 cm³/mol. The summed E-state index contributed by atoms with van der Waals surface area (Å²) in [5.41, 5.74) is 0.270. The molecule has 2 atom stereocenters. The van der Waals surface area contributed by atoms with Gasteiger partial charge in [0.05, 0.1) is 11.0 Å². The Morgan fingerprint density at radius 1 is 1.27 bits per heavy atom. The van der Waals surface area contributed by atoms with E-state index in [0.717, 1.165) is 17.8 Å². The Morgan fingerprint density at radius 2 is 1.97 bits per heavy atom. The Labute approximate surface area is 170 Å². The summed E-state index contributed by atoms with van der Waals surface area (Å²) in [6.45, 7) is 4.28. The van der Waals surface area contributed by atoms with Crippen molar-refractivity contribution in [2.75, 3.05) is 11.9 Å². The molecule has 3 N–H and O–H groups in total. The molecule has 160 valence electrons. The normalized spacial score (nSPS) is 21.9. The minimum atomic E-state index is -4.40. The highest BCUT2D eigenvalue weighted by molar-refractivity contribution is 5.75. The van der Waals surface area contributed by atoms with Crippen LogP contribution in [0.3, 0.4) is 0 Å². The number of hydrogen-bond acceptors (Lipinski definition) is 7. The second kappa shape index (κ2) is 7.10. The van der Waals surface area contributed by atoms with Gasteiger partial charge in [0, 0.05) is 18.4 Å². The monoisotopic (exact) mass is 422 g/mol. The van der Waals surface area contributed by atoms with E-state index < -0.39 is 23.4 Å². The summed E-state index contributed by atoms with van der Waals surface area (Å²) in [6.07, 6.45) is -4.56. The number of nitrogens with zero attached hydrogens (tertiary/aromatic N) is 4. The van der Waals surface area contributed by atoms with Crippen LogP contribution in [0.5, 0.6) is 0 Å². The molecule has 30 heavy (non-hydrogen) atoms. The van der Waals surface area contributed by atoms with E-state index in [1.807, 2.05) is 13.8 Å². The minimum absolute atomic E-state index is 0.213. The van der Waals surface area contributed by atoms with Crippen molar-refractivity contribution in [3.63, 3.8) is 0 Å². The summed E-state index contributed by atoms with van der Waals surface area (Å²) in [5, 5.41) is 28.8. The van der Waals surface area contributed by atoms with Gasteiger partial charge in [0.2, 0.25) is 5.89 Å². The molecule has 8 nitrogen and oxygen atoms in total. The summed E-state index contributed by atoms with van der Waals surface area (Å²) >= 11 is 0. The Morgan fingerprint density at radius 3 is 2.57 bits per heavy atom. The van der Waals surface area contributed by atoms with Crippen LogP contribution in [0.2, 0.25) is 0 Å². The maximum absolute atomic E-state index is 12.8. The molecule has 1 fully saturated rings. The first-order valence-electron chi connectivity index (χ1n) is 9.33.